The summed E-state index contributed by atoms with van der Waals surface area (Å²) in [4.78, 5) is 12.3. The summed E-state index contributed by atoms with van der Waals surface area (Å²) < 4.78 is 61.5. The molecule has 2 rings (SSSR count). The number of anilines is 2. The van der Waals surface area contributed by atoms with Crippen LogP contribution in [-0.4, -0.2) is 41.3 Å². The van der Waals surface area contributed by atoms with Crippen molar-refractivity contribution in [2.75, 3.05) is 36.6 Å². The summed E-state index contributed by atoms with van der Waals surface area (Å²) in [7, 11) is -1.06. The second kappa shape index (κ2) is 8.21. The lowest BCUT2D eigenvalue weighted by Crippen LogP contribution is -2.37. The maximum Gasteiger partial charge on any atom is 0.245 e. The summed E-state index contributed by atoms with van der Waals surface area (Å²) in [5.74, 6) is -2.24. The van der Waals surface area contributed by atoms with Crippen molar-refractivity contribution in [1.82, 2.24) is 0 Å². The number of nitrogens with zero attached hydrogens (tertiary/aromatic N) is 1. The van der Waals surface area contributed by atoms with E-state index in [2.05, 4.69) is 5.32 Å². The Balaban J connectivity index is 2.26. The fourth-order valence-corrected chi connectivity index (χ4v) is 3.11. The van der Waals surface area contributed by atoms with Gasteiger partial charge in [-0.1, -0.05) is 0 Å². The van der Waals surface area contributed by atoms with Gasteiger partial charge in [0.25, 0.3) is 0 Å². The third-order valence-corrected chi connectivity index (χ3v) is 4.70. The van der Waals surface area contributed by atoms with E-state index in [0.717, 1.165) is 18.4 Å². The Labute approximate surface area is 155 Å². The summed E-state index contributed by atoms with van der Waals surface area (Å²) in [5.41, 5.74) is 0.121. The Kier molecular flexibility index (Phi) is 6.21. The number of ether oxygens (including phenoxy) is 2. The molecule has 10 heteroatoms. The maximum absolute atomic E-state index is 13.5. The molecule has 0 bridgehead atoms. The standard InChI is InChI=1S/C17H18F2N2O5S/c1-25-12-5-7-15(16(9-12)26-2)20-17(22)10-21(27(3,23)24)11-4-6-13(18)14(19)8-11/h4-9H,10H2,1-3H3,(H,20,22). The first-order valence-electron chi connectivity index (χ1n) is 7.60. The SMILES string of the molecule is COc1ccc(NC(=O)CN(c2ccc(F)c(F)c2)S(C)(=O)=O)c(OC)c1. The van der Waals surface area contributed by atoms with Gasteiger partial charge in [0, 0.05) is 12.1 Å². The number of amides is 1. The van der Waals surface area contributed by atoms with Crippen LogP contribution in [0.5, 0.6) is 11.5 Å². The van der Waals surface area contributed by atoms with Crippen molar-refractivity contribution in [3.63, 3.8) is 0 Å². The van der Waals surface area contributed by atoms with Crippen LogP contribution in [-0.2, 0) is 14.8 Å². The molecule has 146 valence electrons. The quantitative estimate of drug-likeness (QED) is 0.772. The molecule has 0 aromatic heterocycles. The second-order valence-electron chi connectivity index (χ2n) is 5.48. The van der Waals surface area contributed by atoms with E-state index in [1.165, 1.54) is 20.3 Å². The molecule has 1 N–H and O–H groups in total. The molecule has 0 unspecified atom stereocenters. The third-order valence-electron chi connectivity index (χ3n) is 3.56. The Morgan fingerprint density at radius 2 is 1.78 bits per heavy atom. The first kappa shape index (κ1) is 20.4. The highest BCUT2D eigenvalue weighted by atomic mass is 32.2. The largest absolute Gasteiger partial charge is 0.497 e. The van der Waals surface area contributed by atoms with E-state index < -0.39 is 34.1 Å². The van der Waals surface area contributed by atoms with Crippen molar-refractivity contribution in [2.24, 2.45) is 0 Å². The maximum atomic E-state index is 13.5. The number of halogens is 2. The topological polar surface area (TPSA) is 84.9 Å². The minimum atomic E-state index is -3.93. The molecule has 0 fully saturated rings. The van der Waals surface area contributed by atoms with Gasteiger partial charge in [-0.25, -0.2) is 17.2 Å². The summed E-state index contributed by atoms with van der Waals surface area (Å²) in [5, 5.41) is 2.52. The zero-order valence-electron chi connectivity index (χ0n) is 14.8. The summed E-state index contributed by atoms with van der Waals surface area (Å²) in [6.07, 6.45) is 0.857. The van der Waals surface area contributed by atoms with Crippen molar-refractivity contribution in [3.05, 3.63) is 48.0 Å². The van der Waals surface area contributed by atoms with E-state index in [9.17, 15) is 22.0 Å². The van der Waals surface area contributed by atoms with Gasteiger partial charge in [-0.3, -0.25) is 9.10 Å². The highest BCUT2D eigenvalue weighted by Gasteiger charge is 2.22. The van der Waals surface area contributed by atoms with E-state index in [0.29, 0.717) is 27.6 Å². The molecule has 0 aliphatic heterocycles. The van der Waals surface area contributed by atoms with E-state index in [4.69, 9.17) is 9.47 Å². The summed E-state index contributed by atoms with van der Waals surface area (Å²) >= 11 is 0. The first-order chi connectivity index (χ1) is 12.7. The lowest BCUT2D eigenvalue weighted by atomic mass is 10.2. The lowest BCUT2D eigenvalue weighted by Gasteiger charge is -2.22. The Bertz CT molecular complexity index is 950. The third kappa shape index (κ3) is 5.07. The Hall–Kier alpha value is -2.88. The van der Waals surface area contributed by atoms with Gasteiger partial charge >= 0.3 is 0 Å². The molecule has 0 aliphatic carbocycles. The van der Waals surface area contributed by atoms with Crippen LogP contribution in [0.3, 0.4) is 0 Å². The second-order valence-corrected chi connectivity index (χ2v) is 7.39. The predicted octanol–water partition coefficient (Wildman–Crippen LogP) is 2.39. The number of carbonyl (C=O) groups excluding carboxylic acids is 1. The molecule has 2 aromatic rings. The zero-order valence-corrected chi connectivity index (χ0v) is 15.6. The van der Waals surface area contributed by atoms with E-state index in [1.807, 2.05) is 0 Å². The Morgan fingerprint density at radius 3 is 2.33 bits per heavy atom. The number of hydrogen-bond acceptors (Lipinski definition) is 5. The molecule has 7 nitrogen and oxygen atoms in total. The molecule has 1 amide bonds. The fraction of sp³-hybridized carbons (Fsp3) is 0.235. The number of carbonyl (C=O) groups is 1. The Morgan fingerprint density at radius 1 is 1.07 bits per heavy atom. The number of nitrogens with one attached hydrogen (secondary N) is 1. The molecule has 0 radical (unpaired) electrons. The average molecular weight is 400 g/mol. The highest BCUT2D eigenvalue weighted by Crippen LogP contribution is 2.29. The number of benzene rings is 2. The van der Waals surface area contributed by atoms with Crippen molar-refractivity contribution in [2.45, 2.75) is 0 Å². The van der Waals surface area contributed by atoms with Crippen LogP contribution in [0.2, 0.25) is 0 Å². The van der Waals surface area contributed by atoms with E-state index >= 15 is 0 Å². The summed E-state index contributed by atoms with van der Waals surface area (Å²) in [6, 6.07) is 7.21. The highest BCUT2D eigenvalue weighted by molar-refractivity contribution is 7.92. The zero-order chi connectivity index (χ0) is 20.2. The molecule has 0 saturated carbocycles. The van der Waals surface area contributed by atoms with Gasteiger partial charge in [-0.15, -0.1) is 0 Å². The van der Waals surface area contributed by atoms with E-state index in [1.54, 1.807) is 12.1 Å². The molecule has 2 aromatic carbocycles. The summed E-state index contributed by atoms with van der Waals surface area (Å²) in [6.45, 7) is -0.640. The minimum absolute atomic E-state index is 0.173. The monoisotopic (exact) mass is 400 g/mol. The molecule has 0 atom stereocenters. The van der Waals surface area contributed by atoms with Crippen LogP contribution in [0.25, 0.3) is 0 Å². The molecule has 0 saturated heterocycles. The van der Waals surface area contributed by atoms with Gasteiger partial charge in [0.2, 0.25) is 15.9 Å². The van der Waals surface area contributed by atoms with Crippen LogP contribution < -0.4 is 19.1 Å². The van der Waals surface area contributed by atoms with Gasteiger partial charge in [0.15, 0.2) is 11.6 Å². The molecule has 0 spiro atoms. The average Bonchev–Trinajstić information content (AvgIpc) is 2.61. The molecular formula is C17H18F2N2O5S. The lowest BCUT2D eigenvalue weighted by molar-refractivity contribution is -0.114. The predicted molar refractivity (Wildman–Crippen MR) is 96.7 cm³/mol. The van der Waals surface area contributed by atoms with Crippen LogP contribution in [0.15, 0.2) is 36.4 Å². The number of hydrogen-bond donors (Lipinski definition) is 1. The normalized spacial score (nSPS) is 11.0. The minimum Gasteiger partial charge on any atom is -0.497 e. The van der Waals surface area contributed by atoms with Crippen molar-refractivity contribution >= 4 is 27.3 Å². The van der Waals surface area contributed by atoms with Crippen molar-refractivity contribution in [3.8, 4) is 11.5 Å². The number of rotatable bonds is 7. The van der Waals surface area contributed by atoms with Crippen LogP contribution in [0.4, 0.5) is 20.2 Å². The van der Waals surface area contributed by atoms with Crippen LogP contribution in [0, 0.1) is 11.6 Å². The van der Waals surface area contributed by atoms with Gasteiger partial charge in [-0.2, -0.15) is 0 Å². The first-order valence-corrected chi connectivity index (χ1v) is 9.45. The fourth-order valence-electron chi connectivity index (χ4n) is 2.26. The number of sulfonamides is 1. The van der Waals surface area contributed by atoms with Crippen molar-refractivity contribution in [1.29, 1.82) is 0 Å². The van der Waals surface area contributed by atoms with E-state index in [-0.39, 0.29) is 5.69 Å². The molecule has 0 heterocycles. The molecule has 27 heavy (non-hydrogen) atoms. The number of methoxy groups -OCH3 is 2. The van der Waals surface area contributed by atoms with Crippen LogP contribution in [0.1, 0.15) is 0 Å². The van der Waals surface area contributed by atoms with Gasteiger partial charge in [-0.05, 0) is 24.3 Å². The van der Waals surface area contributed by atoms with Gasteiger partial charge < -0.3 is 14.8 Å². The van der Waals surface area contributed by atoms with Gasteiger partial charge in [0.1, 0.15) is 18.0 Å². The molecular weight excluding hydrogens is 382 g/mol. The van der Waals surface area contributed by atoms with Crippen LogP contribution >= 0.6 is 0 Å². The van der Waals surface area contributed by atoms with Gasteiger partial charge in [0.05, 0.1) is 31.9 Å². The molecule has 0 aliphatic rings. The smallest absolute Gasteiger partial charge is 0.245 e. The van der Waals surface area contributed by atoms with Crippen molar-refractivity contribution < 1.29 is 31.5 Å².